The molecule has 0 aliphatic carbocycles. The van der Waals surface area contributed by atoms with Crippen molar-refractivity contribution < 1.29 is 24.3 Å². The maximum atomic E-state index is 12.7. The summed E-state index contributed by atoms with van der Waals surface area (Å²) in [6.07, 6.45) is 3.28. The molecule has 1 fully saturated rings. The van der Waals surface area contributed by atoms with E-state index in [1.54, 1.807) is 5.38 Å². The van der Waals surface area contributed by atoms with E-state index in [9.17, 15) is 19.5 Å². The zero-order chi connectivity index (χ0) is 19.6. The Morgan fingerprint density at radius 2 is 2.37 bits per heavy atom. The fourth-order valence-corrected chi connectivity index (χ4v) is 4.39. The summed E-state index contributed by atoms with van der Waals surface area (Å²) in [6.45, 7) is 0. The summed E-state index contributed by atoms with van der Waals surface area (Å²) in [5, 5.41) is 16.9. The van der Waals surface area contributed by atoms with E-state index in [1.165, 1.54) is 34.5 Å². The van der Waals surface area contributed by atoms with Crippen LogP contribution in [0.1, 0.15) is 5.69 Å². The van der Waals surface area contributed by atoms with Crippen LogP contribution in [0.15, 0.2) is 22.3 Å². The first-order chi connectivity index (χ1) is 12.9. The molecule has 27 heavy (non-hydrogen) atoms. The van der Waals surface area contributed by atoms with Crippen molar-refractivity contribution >= 4 is 63.5 Å². The third-order valence-corrected chi connectivity index (χ3v) is 5.86. The molecule has 3 rings (SSSR count). The molecule has 144 valence electrons. The Morgan fingerprint density at radius 3 is 3.00 bits per heavy atom. The number of thioether (sulfide) groups is 2. The molecule has 1 aromatic rings. The first kappa shape index (κ1) is 19.5. The fourth-order valence-electron chi connectivity index (χ4n) is 2.49. The Hall–Kier alpha value is -2.25. The molecule has 0 aromatic carbocycles. The number of carboxylic acids is 1. The predicted molar refractivity (Wildman–Crippen MR) is 103 cm³/mol. The molecule has 2 atom stereocenters. The average molecular weight is 430 g/mol. The maximum absolute atomic E-state index is 12.7. The highest BCUT2D eigenvalue weighted by Gasteiger charge is 2.53. The van der Waals surface area contributed by atoms with Crippen LogP contribution in [-0.4, -0.2) is 67.8 Å². The fraction of sp³-hybridized carbons (Fsp3) is 0.357. The number of nitrogens with zero attached hydrogens (tertiary/aromatic N) is 3. The van der Waals surface area contributed by atoms with Crippen LogP contribution in [0.5, 0.6) is 0 Å². The van der Waals surface area contributed by atoms with Gasteiger partial charge in [-0.05, 0) is 12.3 Å². The number of hydrogen-bond donors (Lipinski definition) is 3. The van der Waals surface area contributed by atoms with Gasteiger partial charge in [0.25, 0.3) is 11.8 Å². The zero-order valence-corrected chi connectivity index (χ0v) is 16.4. The van der Waals surface area contributed by atoms with Crippen molar-refractivity contribution in [3.63, 3.8) is 0 Å². The standard InChI is InChI=1S/C14H15N5O5S3/c1-25-5-24-18-8(6-4-27-14(15)16-6)10(20)17-9-11(21)19-7(13(22)23)2-3-26-12(9)19/h2,4,9,12H,3,5H2,1H3,(H2,15,16)(H,17,20)(H,22,23)/t9?,12-/m1/s1. The first-order valence-corrected chi connectivity index (χ1v) is 10.9. The van der Waals surface area contributed by atoms with Gasteiger partial charge in [-0.25, -0.2) is 9.78 Å². The van der Waals surface area contributed by atoms with Crippen molar-refractivity contribution in [3.05, 3.63) is 22.8 Å². The molecule has 2 amide bonds. The molecule has 0 radical (unpaired) electrons. The Balaban J connectivity index is 1.75. The van der Waals surface area contributed by atoms with E-state index in [0.717, 1.165) is 11.3 Å². The van der Waals surface area contributed by atoms with Crippen LogP contribution in [0.3, 0.4) is 0 Å². The topological polar surface area (TPSA) is 147 Å². The second kappa shape index (κ2) is 8.19. The third-order valence-electron chi connectivity index (χ3n) is 3.66. The van der Waals surface area contributed by atoms with Gasteiger partial charge < -0.3 is 21.0 Å². The van der Waals surface area contributed by atoms with Gasteiger partial charge >= 0.3 is 5.97 Å². The number of carbonyl (C=O) groups is 3. The zero-order valence-electron chi connectivity index (χ0n) is 13.9. The summed E-state index contributed by atoms with van der Waals surface area (Å²) >= 11 is 3.88. The summed E-state index contributed by atoms with van der Waals surface area (Å²) in [5.74, 6) is -1.65. The number of fused-ring (bicyclic) bond motifs is 1. The van der Waals surface area contributed by atoms with Crippen molar-refractivity contribution in [2.45, 2.75) is 11.4 Å². The Kier molecular flexibility index (Phi) is 5.92. The monoisotopic (exact) mass is 429 g/mol. The van der Waals surface area contributed by atoms with Gasteiger partial charge in [0.15, 0.2) is 16.8 Å². The van der Waals surface area contributed by atoms with E-state index >= 15 is 0 Å². The van der Waals surface area contributed by atoms with Crippen molar-refractivity contribution in [2.75, 3.05) is 23.7 Å². The molecule has 4 N–H and O–H groups in total. The minimum atomic E-state index is -1.18. The third kappa shape index (κ3) is 3.89. The van der Waals surface area contributed by atoms with E-state index in [4.69, 9.17) is 10.6 Å². The lowest BCUT2D eigenvalue weighted by molar-refractivity contribution is -0.150. The Bertz CT molecular complexity index is 839. The number of nitrogens with one attached hydrogen (secondary N) is 1. The van der Waals surface area contributed by atoms with Crippen LogP contribution in [0, 0.1) is 0 Å². The second-order valence-electron chi connectivity index (χ2n) is 5.32. The largest absolute Gasteiger partial charge is 0.477 e. The van der Waals surface area contributed by atoms with E-state index < -0.39 is 29.2 Å². The number of amides is 2. The van der Waals surface area contributed by atoms with Gasteiger partial charge in [-0.1, -0.05) is 5.16 Å². The molecule has 1 aromatic heterocycles. The predicted octanol–water partition coefficient (Wildman–Crippen LogP) is 0.135. The Morgan fingerprint density at radius 1 is 1.59 bits per heavy atom. The number of anilines is 1. The van der Waals surface area contributed by atoms with Gasteiger partial charge in [0, 0.05) is 11.1 Å². The van der Waals surface area contributed by atoms with Crippen LogP contribution in [-0.2, 0) is 19.2 Å². The number of nitrogens with two attached hydrogens (primary N) is 1. The van der Waals surface area contributed by atoms with Crippen molar-refractivity contribution in [1.82, 2.24) is 15.2 Å². The summed E-state index contributed by atoms with van der Waals surface area (Å²) in [5.41, 5.74) is 5.68. The van der Waals surface area contributed by atoms with E-state index in [2.05, 4.69) is 15.5 Å². The van der Waals surface area contributed by atoms with Gasteiger partial charge in [0.2, 0.25) is 0 Å². The molecular weight excluding hydrogens is 414 g/mol. The lowest BCUT2D eigenvalue weighted by Crippen LogP contribution is -2.70. The van der Waals surface area contributed by atoms with Crippen molar-refractivity contribution in [1.29, 1.82) is 0 Å². The normalized spacial score (nSPS) is 21.8. The number of rotatable bonds is 7. The molecule has 2 aliphatic rings. The van der Waals surface area contributed by atoms with Gasteiger partial charge in [-0.3, -0.25) is 14.5 Å². The molecule has 1 unspecified atom stereocenters. The molecule has 0 saturated carbocycles. The number of hydrogen-bond acceptors (Lipinski definition) is 10. The number of thiazole rings is 1. The molecule has 13 heteroatoms. The lowest BCUT2D eigenvalue weighted by Gasteiger charge is -2.48. The minimum absolute atomic E-state index is 0.0706. The van der Waals surface area contributed by atoms with E-state index in [-0.39, 0.29) is 28.2 Å². The van der Waals surface area contributed by atoms with Crippen LogP contribution < -0.4 is 11.1 Å². The average Bonchev–Trinajstić information content (AvgIpc) is 3.08. The number of β-lactam (4-membered cyclic amide) rings is 1. The molecular formula is C14H15N5O5S3. The van der Waals surface area contributed by atoms with Crippen LogP contribution >= 0.6 is 34.9 Å². The van der Waals surface area contributed by atoms with E-state index in [0.29, 0.717) is 5.75 Å². The summed E-state index contributed by atoms with van der Waals surface area (Å²) < 4.78 is 0. The number of aliphatic carboxylic acids is 1. The smallest absolute Gasteiger partial charge is 0.352 e. The second-order valence-corrected chi connectivity index (χ2v) is 8.18. The van der Waals surface area contributed by atoms with Gasteiger partial charge in [-0.2, -0.15) is 0 Å². The van der Waals surface area contributed by atoms with Gasteiger partial charge in [0.05, 0.1) is 0 Å². The number of nitrogen functional groups attached to an aromatic ring is 1. The highest BCUT2D eigenvalue weighted by atomic mass is 32.2. The quantitative estimate of drug-likeness (QED) is 0.181. The SMILES string of the molecule is CSCON=C(C(=O)NC1C(=O)N2C(C(=O)O)=CCS[C@H]12)c1csc(N)n1. The molecule has 1 saturated heterocycles. The molecule has 2 aliphatic heterocycles. The summed E-state index contributed by atoms with van der Waals surface area (Å²) in [4.78, 5) is 46.5. The highest BCUT2D eigenvalue weighted by molar-refractivity contribution is 8.00. The molecule has 10 nitrogen and oxygen atoms in total. The number of carboxylic acid groups (broad SMARTS) is 1. The van der Waals surface area contributed by atoms with Crippen LogP contribution in [0.4, 0.5) is 5.13 Å². The number of carbonyl (C=O) groups excluding carboxylic acids is 2. The molecule has 0 spiro atoms. The first-order valence-electron chi connectivity index (χ1n) is 7.53. The van der Waals surface area contributed by atoms with Gasteiger partial charge in [0.1, 0.15) is 22.8 Å². The lowest BCUT2D eigenvalue weighted by atomic mass is 10.0. The van der Waals surface area contributed by atoms with Crippen LogP contribution in [0.2, 0.25) is 0 Å². The van der Waals surface area contributed by atoms with Gasteiger partial charge in [-0.15, -0.1) is 34.9 Å². The van der Waals surface area contributed by atoms with Crippen molar-refractivity contribution in [3.8, 4) is 0 Å². The van der Waals surface area contributed by atoms with E-state index in [1.807, 2.05) is 6.26 Å². The Labute approximate surface area is 166 Å². The minimum Gasteiger partial charge on any atom is -0.477 e. The van der Waals surface area contributed by atoms with Crippen molar-refractivity contribution in [2.24, 2.45) is 5.16 Å². The number of aromatic nitrogens is 1. The summed E-state index contributed by atoms with van der Waals surface area (Å²) in [7, 11) is 0. The molecule has 3 heterocycles. The van der Waals surface area contributed by atoms with Crippen LogP contribution in [0.25, 0.3) is 0 Å². The highest BCUT2D eigenvalue weighted by Crippen LogP contribution is 2.37. The molecule has 0 bridgehead atoms. The number of oxime groups is 1. The maximum Gasteiger partial charge on any atom is 0.352 e. The summed E-state index contributed by atoms with van der Waals surface area (Å²) in [6, 6.07) is -0.854.